The largest absolute Gasteiger partial charge is 0.389 e. The van der Waals surface area contributed by atoms with Crippen LogP contribution in [-0.2, 0) is 0 Å². The topological polar surface area (TPSA) is 52.5 Å². The Labute approximate surface area is 68.4 Å². The lowest BCUT2D eigenvalue weighted by atomic mass is 10.2. The molecule has 0 rings (SSSR count). The quantitative estimate of drug-likeness (QED) is 0.392. The van der Waals surface area contributed by atoms with E-state index in [9.17, 15) is 0 Å². The van der Waals surface area contributed by atoms with Crippen LogP contribution < -0.4 is 5.32 Å². The predicted molar refractivity (Wildman–Crippen MR) is 45.2 cm³/mol. The number of aliphatic hydroxyl groups is 2. The molecule has 0 fully saturated rings. The number of aliphatic hydroxyl groups excluding tert-OH is 2. The van der Waals surface area contributed by atoms with Crippen molar-refractivity contribution in [1.82, 2.24) is 5.32 Å². The maximum absolute atomic E-state index is 9.06. The van der Waals surface area contributed by atoms with E-state index in [1.807, 2.05) is 0 Å². The van der Waals surface area contributed by atoms with Gasteiger partial charge in [0.05, 0.1) is 6.10 Å². The molecule has 68 valence electrons. The average Bonchev–Trinajstić information content (AvgIpc) is 1.97. The highest BCUT2D eigenvalue weighted by Gasteiger charge is 2.07. The molecule has 0 aliphatic heterocycles. The zero-order chi connectivity index (χ0) is 8.69. The molecular formula is C8H19NO2. The van der Waals surface area contributed by atoms with Gasteiger partial charge in [-0.2, -0.15) is 0 Å². The molecular weight excluding hydrogens is 142 g/mol. The summed E-state index contributed by atoms with van der Waals surface area (Å²) in [6.07, 6.45) is 1.94. The molecule has 2 atom stereocenters. The third kappa shape index (κ3) is 6.28. The summed E-state index contributed by atoms with van der Waals surface area (Å²) in [7, 11) is 0. The molecule has 0 aromatic rings. The average molecular weight is 161 g/mol. The standard InChI is InChI=1S/C8H19NO2/c1-3-4-5-6-9-8(11)7(2)10/h7-11H,3-6H2,1-2H3. The van der Waals surface area contributed by atoms with Crippen LogP contribution in [0, 0.1) is 0 Å². The molecule has 0 aliphatic carbocycles. The van der Waals surface area contributed by atoms with Gasteiger partial charge in [-0.15, -0.1) is 0 Å². The van der Waals surface area contributed by atoms with E-state index in [4.69, 9.17) is 10.2 Å². The van der Waals surface area contributed by atoms with Gasteiger partial charge in [0.2, 0.25) is 0 Å². The minimum Gasteiger partial charge on any atom is -0.389 e. The fourth-order valence-corrected chi connectivity index (χ4v) is 0.796. The summed E-state index contributed by atoms with van der Waals surface area (Å²) in [6.45, 7) is 4.47. The first kappa shape index (κ1) is 10.9. The van der Waals surface area contributed by atoms with E-state index in [0.717, 1.165) is 13.0 Å². The molecule has 0 saturated carbocycles. The summed E-state index contributed by atoms with van der Waals surface area (Å²) >= 11 is 0. The lowest BCUT2D eigenvalue weighted by Crippen LogP contribution is -2.38. The molecule has 0 saturated heterocycles. The van der Waals surface area contributed by atoms with Crippen molar-refractivity contribution < 1.29 is 10.2 Å². The Morgan fingerprint density at radius 3 is 2.36 bits per heavy atom. The van der Waals surface area contributed by atoms with E-state index in [0.29, 0.717) is 0 Å². The van der Waals surface area contributed by atoms with Gasteiger partial charge in [-0.1, -0.05) is 19.8 Å². The lowest BCUT2D eigenvalue weighted by molar-refractivity contribution is 0.00935. The van der Waals surface area contributed by atoms with E-state index >= 15 is 0 Å². The Hall–Kier alpha value is -0.120. The van der Waals surface area contributed by atoms with Gasteiger partial charge in [0.1, 0.15) is 6.23 Å². The van der Waals surface area contributed by atoms with Crippen LogP contribution in [0.15, 0.2) is 0 Å². The van der Waals surface area contributed by atoms with E-state index in [1.54, 1.807) is 6.92 Å². The van der Waals surface area contributed by atoms with Crippen molar-refractivity contribution >= 4 is 0 Å². The van der Waals surface area contributed by atoms with Gasteiger partial charge in [0.25, 0.3) is 0 Å². The monoisotopic (exact) mass is 161 g/mol. The first-order chi connectivity index (χ1) is 5.18. The van der Waals surface area contributed by atoms with Crippen LogP contribution in [-0.4, -0.2) is 29.1 Å². The number of rotatable bonds is 6. The molecule has 3 heteroatoms. The van der Waals surface area contributed by atoms with Crippen LogP contribution in [0.25, 0.3) is 0 Å². The van der Waals surface area contributed by atoms with E-state index in [2.05, 4.69) is 12.2 Å². The molecule has 0 aromatic carbocycles. The molecule has 0 spiro atoms. The maximum Gasteiger partial charge on any atom is 0.130 e. The van der Waals surface area contributed by atoms with Crippen LogP contribution in [0.2, 0.25) is 0 Å². The molecule has 3 N–H and O–H groups in total. The summed E-state index contributed by atoms with van der Waals surface area (Å²) in [4.78, 5) is 0. The summed E-state index contributed by atoms with van der Waals surface area (Å²) in [6, 6.07) is 0. The van der Waals surface area contributed by atoms with Crippen molar-refractivity contribution in [3.8, 4) is 0 Å². The second kappa shape index (κ2) is 6.58. The van der Waals surface area contributed by atoms with Crippen molar-refractivity contribution in [2.45, 2.75) is 45.4 Å². The van der Waals surface area contributed by atoms with Gasteiger partial charge >= 0.3 is 0 Å². The second-order valence-corrected chi connectivity index (χ2v) is 2.85. The highest BCUT2D eigenvalue weighted by atomic mass is 16.3. The SMILES string of the molecule is CCCCCNC(O)C(C)O. The van der Waals surface area contributed by atoms with E-state index in [-0.39, 0.29) is 0 Å². The van der Waals surface area contributed by atoms with Crippen molar-refractivity contribution in [2.75, 3.05) is 6.54 Å². The molecule has 0 aromatic heterocycles. The molecule has 2 unspecified atom stereocenters. The highest BCUT2D eigenvalue weighted by molar-refractivity contribution is 4.58. The predicted octanol–water partition coefficient (Wildman–Crippen LogP) is 0.465. The molecule has 0 aliphatic rings. The minimum atomic E-state index is -0.771. The molecule has 0 radical (unpaired) electrons. The number of hydrogen-bond acceptors (Lipinski definition) is 3. The van der Waals surface area contributed by atoms with Crippen LogP contribution >= 0.6 is 0 Å². The van der Waals surface area contributed by atoms with Gasteiger partial charge in [-0.05, 0) is 19.9 Å². The summed E-state index contributed by atoms with van der Waals surface area (Å²) in [5.74, 6) is 0. The van der Waals surface area contributed by atoms with Crippen molar-refractivity contribution in [3.63, 3.8) is 0 Å². The number of hydrogen-bond donors (Lipinski definition) is 3. The van der Waals surface area contributed by atoms with Gasteiger partial charge in [0, 0.05) is 0 Å². The highest BCUT2D eigenvalue weighted by Crippen LogP contribution is 1.93. The Morgan fingerprint density at radius 2 is 1.91 bits per heavy atom. The van der Waals surface area contributed by atoms with Gasteiger partial charge in [-0.3, -0.25) is 5.32 Å². The van der Waals surface area contributed by atoms with Crippen LogP contribution in [0.5, 0.6) is 0 Å². The van der Waals surface area contributed by atoms with Crippen LogP contribution in [0.3, 0.4) is 0 Å². The summed E-state index contributed by atoms with van der Waals surface area (Å²) < 4.78 is 0. The van der Waals surface area contributed by atoms with E-state index in [1.165, 1.54) is 12.8 Å². The van der Waals surface area contributed by atoms with E-state index < -0.39 is 12.3 Å². The van der Waals surface area contributed by atoms with Gasteiger partial charge in [0.15, 0.2) is 0 Å². The lowest BCUT2D eigenvalue weighted by Gasteiger charge is -2.14. The van der Waals surface area contributed by atoms with Crippen molar-refractivity contribution in [3.05, 3.63) is 0 Å². The molecule has 0 heterocycles. The molecule has 0 bridgehead atoms. The zero-order valence-corrected chi connectivity index (χ0v) is 7.38. The Kier molecular flexibility index (Phi) is 6.51. The van der Waals surface area contributed by atoms with Crippen LogP contribution in [0.1, 0.15) is 33.1 Å². The first-order valence-electron chi connectivity index (χ1n) is 4.28. The third-order valence-electron chi connectivity index (χ3n) is 1.59. The molecule has 0 amide bonds. The van der Waals surface area contributed by atoms with Gasteiger partial charge < -0.3 is 10.2 Å². The Bertz CT molecular complexity index is 86.2. The van der Waals surface area contributed by atoms with Crippen molar-refractivity contribution in [1.29, 1.82) is 0 Å². The second-order valence-electron chi connectivity index (χ2n) is 2.85. The zero-order valence-electron chi connectivity index (χ0n) is 7.38. The Morgan fingerprint density at radius 1 is 1.27 bits per heavy atom. The summed E-state index contributed by atoms with van der Waals surface area (Å²) in [5.41, 5.74) is 0. The third-order valence-corrected chi connectivity index (χ3v) is 1.59. The van der Waals surface area contributed by atoms with Crippen LogP contribution in [0.4, 0.5) is 0 Å². The normalized spacial score (nSPS) is 16.4. The van der Waals surface area contributed by atoms with Gasteiger partial charge in [-0.25, -0.2) is 0 Å². The first-order valence-corrected chi connectivity index (χ1v) is 4.28. The summed E-state index contributed by atoms with van der Waals surface area (Å²) in [5, 5.41) is 20.8. The maximum atomic E-state index is 9.06. The Balaban J connectivity index is 3.10. The fraction of sp³-hybridized carbons (Fsp3) is 1.00. The molecule has 11 heavy (non-hydrogen) atoms. The smallest absolute Gasteiger partial charge is 0.130 e. The molecule has 3 nitrogen and oxygen atoms in total. The minimum absolute atomic E-state index is 0.684. The van der Waals surface area contributed by atoms with Crippen molar-refractivity contribution in [2.24, 2.45) is 0 Å². The number of nitrogens with one attached hydrogen (secondary N) is 1. The number of unbranched alkanes of at least 4 members (excludes halogenated alkanes) is 2. The fourth-order valence-electron chi connectivity index (χ4n) is 0.796.